The van der Waals surface area contributed by atoms with Gasteiger partial charge in [-0.1, -0.05) is 0 Å². The molecule has 0 aromatic carbocycles. The monoisotopic (exact) mass is 147 g/mol. The van der Waals surface area contributed by atoms with Crippen molar-refractivity contribution >= 4 is 5.78 Å². The van der Waals surface area contributed by atoms with Crippen molar-refractivity contribution in [2.75, 3.05) is 13.2 Å². The first-order chi connectivity index (χ1) is 4.68. The van der Waals surface area contributed by atoms with E-state index in [1.54, 1.807) is 6.92 Å². The van der Waals surface area contributed by atoms with Crippen molar-refractivity contribution in [1.82, 2.24) is 5.48 Å². The van der Waals surface area contributed by atoms with Crippen molar-refractivity contribution in [1.29, 1.82) is 0 Å². The maximum atomic E-state index is 10.5. The third-order valence-electron chi connectivity index (χ3n) is 1.06. The summed E-state index contributed by atoms with van der Waals surface area (Å²) in [7, 11) is 0. The lowest BCUT2D eigenvalue weighted by molar-refractivity contribution is -0.122. The van der Waals surface area contributed by atoms with Crippen molar-refractivity contribution in [2.24, 2.45) is 0 Å². The van der Waals surface area contributed by atoms with Crippen LogP contribution in [0.25, 0.3) is 0 Å². The number of Topliss-reactive ketones (excluding diaryl/α,β-unsaturated/α-hetero) is 1. The van der Waals surface area contributed by atoms with Gasteiger partial charge in [0.15, 0.2) is 0 Å². The van der Waals surface area contributed by atoms with Crippen LogP contribution in [-0.2, 0) is 9.63 Å². The minimum absolute atomic E-state index is 0.0120. The maximum absolute atomic E-state index is 10.5. The molecule has 0 saturated carbocycles. The Hall–Kier alpha value is -0.450. The number of nitrogens with one attached hydrogen (secondary N) is 1. The summed E-state index contributed by atoms with van der Waals surface area (Å²) in [6.07, 6.45) is 0. The van der Waals surface area contributed by atoms with Crippen molar-refractivity contribution in [3.05, 3.63) is 0 Å². The van der Waals surface area contributed by atoms with Crippen molar-refractivity contribution in [2.45, 2.75) is 19.9 Å². The molecular weight excluding hydrogens is 134 g/mol. The first-order valence-electron chi connectivity index (χ1n) is 3.17. The molecule has 0 fully saturated rings. The Morgan fingerprint density at radius 2 is 2.40 bits per heavy atom. The highest BCUT2D eigenvalue weighted by atomic mass is 16.6. The lowest BCUT2D eigenvalue weighted by atomic mass is 10.3. The zero-order valence-electron chi connectivity index (χ0n) is 6.26. The topological polar surface area (TPSA) is 58.6 Å². The predicted molar refractivity (Wildman–Crippen MR) is 36.3 cm³/mol. The molecule has 1 atom stereocenters. The van der Waals surface area contributed by atoms with Crippen LogP contribution in [-0.4, -0.2) is 30.1 Å². The van der Waals surface area contributed by atoms with E-state index in [1.165, 1.54) is 6.92 Å². The highest BCUT2D eigenvalue weighted by Crippen LogP contribution is 1.82. The Bertz CT molecular complexity index is 105. The van der Waals surface area contributed by atoms with Gasteiger partial charge >= 0.3 is 0 Å². The fourth-order valence-corrected chi connectivity index (χ4v) is 0.313. The number of aliphatic hydroxyl groups is 1. The zero-order chi connectivity index (χ0) is 7.98. The van der Waals surface area contributed by atoms with E-state index in [9.17, 15) is 4.79 Å². The summed E-state index contributed by atoms with van der Waals surface area (Å²) in [4.78, 5) is 15.2. The summed E-state index contributed by atoms with van der Waals surface area (Å²) >= 11 is 0. The minimum Gasteiger partial charge on any atom is -0.394 e. The summed E-state index contributed by atoms with van der Waals surface area (Å²) in [6, 6.07) is -0.299. The molecule has 0 aliphatic rings. The van der Waals surface area contributed by atoms with E-state index in [1.807, 2.05) is 0 Å². The first kappa shape index (κ1) is 9.55. The molecule has 4 nitrogen and oxygen atoms in total. The molecule has 4 heteroatoms. The van der Waals surface area contributed by atoms with Gasteiger partial charge < -0.3 is 5.11 Å². The van der Waals surface area contributed by atoms with Crippen LogP contribution in [0.3, 0.4) is 0 Å². The molecule has 0 heterocycles. The Balaban J connectivity index is 3.21. The van der Waals surface area contributed by atoms with Gasteiger partial charge in [-0.25, -0.2) is 0 Å². The molecule has 0 rings (SSSR count). The van der Waals surface area contributed by atoms with Gasteiger partial charge in [-0.05, 0) is 13.8 Å². The third-order valence-corrected chi connectivity index (χ3v) is 1.06. The van der Waals surface area contributed by atoms with Gasteiger partial charge in [-0.2, -0.15) is 5.48 Å². The molecule has 0 amide bonds. The van der Waals surface area contributed by atoms with Crippen LogP contribution in [0.15, 0.2) is 0 Å². The average molecular weight is 147 g/mol. The number of hydroxylamine groups is 1. The molecule has 0 spiro atoms. The Morgan fingerprint density at radius 3 is 2.80 bits per heavy atom. The summed E-state index contributed by atoms with van der Waals surface area (Å²) in [5.41, 5.74) is 2.47. The van der Waals surface area contributed by atoms with Gasteiger partial charge in [-0.3, -0.25) is 9.63 Å². The Labute approximate surface area is 60.1 Å². The standard InChI is InChI=1S/C6H13NO3/c1-5(6(2)9)7-10-4-3-8/h5,7-8H,3-4H2,1-2H3/t5-/m0/s1. The summed E-state index contributed by atoms with van der Waals surface area (Å²) < 4.78 is 0. The first-order valence-corrected chi connectivity index (χ1v) is 3.17. The predicted octanol–water partition coefficient (Wildman–Crippen LogP) is -0.523. The molecule has 0 bridgehead atoms. The molecule has 10 heavy (non-hydrogen) atoms. The molecule has 0 aliphatic carbocycles. The minimum atomic E-state index is -0.299. The number of carbonyl (C=O) groups is 1. The normalized spacial score (nSPS) is 13.1. The second-order valence-corrected chi connectivity index (χ2v) is 2.02. The third kappa shape index (κ3) is 4.43. The summed E-state index contributed by atoms with van der Waals surface area (Å²) in [5, 5.41) is 8.27. The lowest BCUT2D eigenvalue weighted by Gasteiger charge is -2.08. The van der Waals surface area contributed by atoms with Gasteiger partial charge in [-0.15, -0.1) is 0 Å². The van der Waals surface area contributed by atoms with Crippen LogP contribution < -0.4 is 5.48 Å². The van der Waals surface area contributed by atoms with Crippen molar-refractivity contribution < 1.29 is 14.7 Å². The van der Waals surface area contributed by atoms with Crippen LogP contribution in [0.2, 0.25) is 0 Å². The van der Waals surface area contributed by atoms with Crippen LogP contribution in [0.5, 0.6) is 0 Å². The van der Waals surface area contributed by atoms with Gasteiger partial charge in [0.05, 0.1) is 19.3 Å². The van der Waals surface area contributed by atoms with E-state index in [4.69, 9.17) is 5.11 Å². The van der Waals surface area contributed by atoms with Crippen LogP contribution >= 0.6 is 0 Å². The Morgan fingerprint density at radius 1 is 1.80 bits per heavy atom. The van der Waals surface area contributed by atoms with Crippen molar-refractivity contribution in [3.8, 4) is 0 Å². The molecule has 2 N–H and O–H groups in total. The molecular formula is C6H13NO3. The van der Waals surface area contributed by atoms with E-state index in [0.717, 1.165) is 0 Å². The summed E-state index contributed by atoms with van der Waals surface area (Å²) in [6.45, 7) is 3.33. The second kappa shape index (κ2) is 5.34. The molecule has 0 aliphatic heterocycles. The van der Waals surface area contributed by atoms with E-state index < -0.39 is 0 Å². The van der Waals surface area contributed by atoms with E-state index in [2.05, 4.69) is 10.3 Å². The number of hydrogen-bond donors (Lipinski definition) is 2. The van der Waals surface area contributed by atoms with E-state index in [-0.39, 0.29) is 25.0 Å². The fourth-order valence-electron chi connectivity index (χ4n) is 0.313. The van der Waals surface area contributed by atoms with Gasteiger partial charge in [0.25, 0.3) is 0 Å². The number of hydrogen-bond acceptors (Lipinski definition) is 4. The highest BCUT2D eigenvalue weighted by Gasteiger charge is 2.04. The van der Waals surface area contributed by atoms with Crippen molar-refractivity contribution in [3.63, 3.8) is 0 Å². The van der Waals surface area contributed by atoms with Crippen LogP contribution in [0.1, 0.15) is 13.8 Å². The molecule has 0 unspecified atom stereocenters. The summed E-state index contributed by atoms with van der Waals surface area (Å²) in [5.74, 6) is 0.0120. The molecule has 60 valence electrons. The average Bonchev–Trinajstić information content (AvgIpc) is 1.88. The lowest BCUT2D eigenvalue weighted by Crippen LogP contribution is -2.33. The molecule has 0 radical (unpaired) electrons. The maximum Gasteiger partial charge on any atom is 0.148 e. The van der Waals surface area contributed by atoms with Gasteiger partial charge in [0.2, 0.25) is 0 Å². The largest absolute Gasteiger partial charge is 0.394 e. The smallest absolute Gasteiger partial charge is 0.148 e. The second-order valence-electron chi connectivity index (χ2n) is 2.02. The van der Waals surface area contributed by atoms with Crippen LogP contribution in [0.4, 0.5) is 0 Å². The number of aliphatic hydroxyl groups excluding tert-OH is 1. The molecule has 0 aromatic rings. The number of carbonyl (C=O) groups excluding carboxylic acids is 1. The van der Waals surface area contributed by atoms with Gasteiger partial charge in [0, 0.05) is 0 Å². The Kier molecular flexibility index (Phi) is 5.10. The highest BCUT2D eigenvalue weighted by molar-refractivity contribution is 5.80. The molecule has 0 aromatic heterocycles. The quantitative estimate of drug-likeness (QED) is 0.405. The number of ketones is 1. The number of rotatable bonds is 5. The van der Waals surface area contributed by atoms with E-state index >= 15 is 0 Å². The van der Waals surface area contributed by atoms with E-state index in [0.29, 0.717) is 0 Å². The molecule has 0 saturated heterocycles. The van der Waals surface area contributed by atoms with Crippen LogP contribution in [0, 0.1) is 0 Å². The zero-order valence-corrected chi connectivity index (χ0v) is 6.26. The fraction of sp³-hybridized carbons (Fsp3) is 0.833. The van der Waals surface area contributed by atoms with Gasteiger partial charge in [0.1, 0.15) is 5.78 Å². The SMILES string of the molecule is CC(=O)[C@H](C)NOCCO.